The first kappa shape index (κ1) is 16.0. The largest absolute Gasteiger partial charge is 0.290 e. The number of aromatic nitrogens is 2. The Morgan fingerprint density at radius 3 is 2.67 bits per heavy atom. The minimum Gasteiger partial charge on any atom is -0.287 e. The molecule has 1 aromatic carbocycles. The summed E-state index contributed by atoms with van der Waals surface area (Å²) in [5, 5.41) is 4.36. The second kappa shape index (κ2) is 6.62. The van der Waals surface area contributed by atoms with E-state index in [-0.39, 0.29) is 10.1 Å². The summed E-state index contributed by atoms with van der Waals surface area (Å²) in [6, 6.07) is 7.32. The van der Waals surface area contributed by atoms with Gasteiger partial charge >= 0.3 is 0 Å². The van der Waals surface area contributed by atoms with E-state index in [9.17, 15) is 13.6 Å². The fourth-order valence-corrected chi connectivity index (χ4v) is 3.14. The second-order valence-electron chi connectivity index (χ2n) is 4.44. The van der Waals surface area contributed by atoms with Crippen LogP contribution in [-0.2, 0) is 11.8 Å². The molecule has 0 bridgehead atoms. The number of thioether (sulfide) groups is 2. The minimum absolute atomic E-state index is 0.00852. The highest BCUT2D eigenvalue weighted by molar-refractivity contribution is 8.13. The Balaban J connectivity index is 2.37. The number of carbonyl (C=O) groups is 1. The Bertz CT molecular complexity index is 671. The van der Waals surface area contributed by atoms with E-state index >= 15 is 0 Å². The van der Waals surface area contributed by atoms with Gasteiger partial charge in [-0.2, -0.15) is 13.9 Å². The molecule has 0 radical (unpaired) electrons. The molecule has 21 heavy (non-hydrogen) atoms. The van der Waals surface area contributed by atoms with Gasteiger partial charge in [-0.25, -0.2) is 0 Å². The highest BCUT2D eigenvalue weighted by Crippen LogP contribution is 2.32. The van der Waals surface area contributed by atoms with Crippen LogP contribution in [0.5, 0.6) is 0 Å². The van der Waals surface area contributed by atoms with Crippen molar-refractivity contribution in [3.05, 3.63) is 29.8 Å². The van der Waals surface area contributed by atoms with E-state index in [1.165, 1.54) is 6.92 Å². The fourth-order valence-electron chi connectivity index (χ4n) is 1.88. The zero-order valence-electron chi connectivity index (χ0n) is 11.8. The van der Waals surface area contributed by atoms with Crippen molar-refractivity contribution in [2.24, 2.45) is 7.05 Å². The van der Waals surface area contributed by atoms with Gasteiger partial charge in [-0.1, -0.05) is 23.9 Å². The summed E-state index contributed by atoms with van der Waals surface area (Å²) in [5.41, 5.74) is 2.59. The quantitative estimate of drug-likeness (QED) is 0.782. The number of hydrogen-bond donors (Lipinski definition) is 0. The number of hydrogen-bond acceptors (Lipinski definition) is 4. The molecule has 0 aliphatic rings. The number of nitrogens with zero attached hydrogens (tertiary/aromatic N) is 2. The lowest BCUT2D eigenvalue weighted by Crippen LogP contribution is -1.95. The monoisotopic (exact) mass is 328 g/mol. The number of benzene rings is 1. The van der Waals surface area contributed by atoms with E-state index in [0.717, 1.165) is 33.5 Å². The Morgan fingerprint density at radius 2 is 2.05 bits per heavy atom. The van der Waals surface area contributed by atoms with Crippen LogP contribution in [0.2, 0.25) is 0 Å². The molecular formula is C14H14F2N2OS2. The van der Waals surface area contributed by atoms with Crippen molar-refractivity contribution in [2.75, 3.05) is 0 Å². The lowest BCUT2D eigenvalue weighted by atomic mass is 10.1. The molecule has 0 N–H and O–H groups in total. The molecular weight excluding hydrogens is 314 g/mol. The number of halogens is 2. The topological polar surface area (TPSA) is 34.9 Å². The van der Waals surface area contributed by atoms with E-state index in [1.54, 1.807) is 17.8 Å². The first-order valence-corrected chi connectivity index (χ1v) is 7.84. The van der Waals surface area contributed by atoms with Gasteiger partial charge in [0, 0.05) is 24.4 Å². The molecule has 0 aliphatic carbocycles. The molecule has 2 aromatic rings. The van der Waals surface area contributed by atoms with E-state index < -0.39 is 5.76 Å². The van der Waals surface area contributed by atoms with Crippen LogP contribution < -0.4 is 0 Å². The van der Waals surface area contributed by atoms with Crippen LogP contribution in [0.25, 0.3) is 11.3 Å². The first-order chi connectivity index (χ1) is 9.86. The second-order valence-corrected chi connectivity index (χ2v) is 6.67. The number of alkyl halides is 2. The smallest absolute Gasteiger partial charge is 0.287 e. The third kappa shape index (κ3) is 4.07. The van der Waals surface area contributed by atoms with Crippen molar-refractivity contribution in [3.8, 4) is 11.3 Å². The summed E-state index contributed by atoms with van der Waals surface area (Å²) < 4.78 is 26.4. The maximum Gasteiger partial charge on any atom is 0.290 e. The van der Waals surface area contributed by atoms with Crippen molar-refractivity contribution in [2.45, 2.75) is 29.5 Å². The van der Waals surface area contributed by atoms with Crippen LogP contribution in [0.1, 0.15) is 12.5 Å². The molecule has 112 valence electrons. The molecule has 3 nitrogen and oxygen atoms in total. The zero-order chi connectivity index (χ0) is 15.6. The third-order valence-electron chi connectivity index (χ3n) is 2.80. The normalized spacial score (nSPS) is 11.1. The van der Waals surface area contributed by atoms with Crippen LogP contribution in [0.3, 0.4) is 0 Å². The van der Waals surface area contributed by atoms with E-state index in [0.29, 0.717) is 11.8 Å². The van der Waals surface area contributed by atoms with Gasteiger partial charge < -0.3 is 0 Å². The van der Waals surface area contributed by atoms with Crippen molar-refractivity contribution < 1.29 is 13.6 Å². The highest BCUT2D eigenvalue weighted by atomic mass is 32.2. The zero-order valence-corrected chi connectivity index (χ0v) is 13.4. The summed E-state index contributed by atoms with van der Waals surface area (Å²) >= 11 is 1.58. The summed E-state index contributed by atoms with van der Waals surface area (Å²) in [7, 11) is 1.71. The van der Waals surface area contributed by atoms with Crippen LogP contribution in [0.4, 0.5) is 8.78 Å². The Morgan fingerprint density at radius 1 is 1.33 bits per heavy atom. The predicted molar refractivity (Wildman–Crippen MR) is 81.8 cm³/mol. The first-order valence-electron chi connectivity index (χ1n) is 6.15. The molecule has 0 atom stereocenters. The van der Waals surface area contributed by atoms with Crippen LogP contribution in [-0.4, -0.2) is 20.7 Å². The maximum absolute atomic E-state index is 12.4. The van der Waals surface area contributed by atoms with Crippen LogP contribution in [0, 0.1) is 6.92 Å². The minimum atomic E-state index is -2.49. The molecule has 0 fully saturated rings. The van der Waals surface area contributed by atoms with Crippen molar-refractivity contribution in [3.63, 3.8) is 0 Å². The molecule has 0 spiro atoms. The van der Waals surface area contributed by atoms with Gasteiger partial charge in [0.2, 0.25) is 0 Å². The van der Waals surface area contributed by atoms with Gasteiger partial charge in [-0.05, 0) is 36.4 Å². The van der Waals surface area contributed by atoms with Gasteiger partial charge in [0.05, 0.1) is 5.69 Å². The molecule has 7 heteroatoms. The Kier molecular flexibility index (Phi) is 5.05. The summed E-state index contributed by atoms with van der Waals surface area (Å²) in [6.07, 6.45) is 0. The number of aryl methyl sites for hydroxylation is 2. The highest BCUT2D eigenvalue weighted by Gasteiger charge is 2.13. The van der Waals surface area contributed by atoms with Crippen molar-refractivity contribution >= 4 is 28.6 Å². The van der Waals surface area contributed by atoms with Gasteiger partial charge in [0.25, 0.3) is 5.76 Å². The average molecular weight is 328 g/mol. The standard InChI is InChI=1S/C14H14F2N2OS2/c1-8-4-5-10(6-12(8)20-9(2)19)11-7-13(17-18(11)3)21-14(15)16/h4-7,14H,1-3H3. The van der Waals surface area contributed by atoms with Crippen molar-refractivity contribution in [1.82, 2.24) is 9.78 Å². The average Bonchev–Trinajstić information content (AvgIpc) is 2.71. The van der Waals surface area contributed by atoms with E-state index in [4.69, 9.17) is 0 Å². The lowest BCUT2D eigenvalue weighted by molar-refractivity contribution is -0.109. The molecule has 0 aliphatic heterocycles. The summed E-state index contributed by atoms with van der Waals surface area (Å²) in [5.74, 6) is -2.49. The van der Waals surface area contributed by atoms with Crippen molar-refractivity contribution in [1.29, 1.82) is 0 Å². The maximum atomic E-state index is 12.4. The fraction of sp³-hybridized carbons (Fsp3) is 0.286. The number of carbonyl (C=O) groups excluding carboxylic acids is 1. The molecule has 0 saturated carbocycles. The van der Waals surface area contributed by atoms with Gasteiger partial charge in [0.15, 0.2) is 5.12 Å². The number of rotatable bonds is 4. The molecule has 2 rings (SSSR count). The third-order valence-corrected chi connectivity index (χ3v) is 4.37. The molecule has 0 saturated heterocycles. The van der Waals surface area contributed by atoms with E-state index in [2.05, 4.69) is 5.10 Å². The van der Waals surface area contributed by atoms with Gasteiger partial charge in [0.1, 0.15) is 5.03 Å². The Hall–Kier alpha value is -1.34. The van der Waals surface area contributed by atoms with E-state index in [1.807, 2.05) is 25.1 Å². The van der Waals surface area contributed by atoms with Gasteiger partial charge in [-0.15, -0.1) is 0 Å². The summed E-state index contributed by atoms with van der Waals surface area (Å²) in [4.78, 5) is 12.1. The lowest BCUT2D eigenvalue weighted by Gasteiger charge is -2.07. The van der Waals surface area contributed by atoms with Gasteiger partial charge in [-0.3, -0.25) is 9.48 Å². The predicted octanol–water partition coefficient (Wildman–Crippen LogP) is 4.35. The van der Waals surface area contributed by atoms with Crippen LogP contribution >= 0.6 is 23.5 Å². The molecule has 1 heterocycles. The Labute approximate surface area is 130 Å². The molecule has 0 amide bonds. The molecule has 1 aromatic heterocycles. The molecule has 0 unspecified atom stereocenters. The van der Waals surface area contributed by atoms with Crippen LogP contribution in [0.15, 0.2) is 34.2 Å². The SMILES string of the molecule is CC(=O)Sc1cc(-c2cc(SC(F)F)nn2C)ccc1C. The summed E-state index contributed by atoms with van der Waals surface area (Å²) in [6.45, 7) is 3.44.